The minimum Gasteiger partial charge on any atom is -0.478 e. The van der Waals surface area contributed by atoms with Crippen LogP contribution in [0.2, 0.25) is 0 Å². The summed E-state index contributed by atoms with van der Waals surface area (Å²) in [5.74, 6) is -1.29. The van der Waals surface area contributed by atoms with Crippen LogP contribution in [0.4, 0.5) is 5.82 Å². The number of nitrogens with zero attached hydrogens (tertiary/aromatic N) is 1. The van der Waals surface area contributed by atoms with Gasteiger partial charge in [-0.3, -0.25) is 4.79 Å². The fourth-order valence-corrected chi connectivity index (χ4v) is 0.857. The molecule has 0 bridgehead atoms. The Kier molecular flexibility index (Phi) is 3.56. The van der Waals surface area contributed by atoms with Gasteiger partial charge in [0.05, 0.1) is 0 Å². The molecule has 5 heteroatoms. The van der Waals surface area contributed by atoms with Crippen molar-refractivity contribution in [2.45, 2.75) is 6.92 Å². The van der Waals surface area contributed by atoms with Crippen molar-refractivity contribution in [3.63, 3.8) is 0 Å². The van der Waals surface area contributed by atoms with Gasteiger partial charge in [0.25, 0.3) is 0 Å². The maximum absolute atomic E-state index is 11.1. The van der Waals surface area contributed by atoms with E-state index < -0.39 is 11.9 Å². The molecule has 78 valence electrons. The average molecular weight is 206 g/mol. The molecular weight excluding hydrogens is 196 g/mol. The number of aliphatic carboxylic acids is 1. The molecule has 0 radical (unpaired) electrons. The SMILES string of the molecule is Cc1ccc(NC(=O)/C=C/C(=O)O)nc1. The summed E-state index contributed by atoms with van der Waals surface area (Å²) in [6.45, 7) is 1.88. The number of rotatable bonds is 3. The number of hydrogen-bond acceptors (Lipinski definition) is 3. The maximum Gasteiger partial charge on any atom is 0.328 e. The van der Waals surface area contributed by atoms with Gasteiger partial charge in [0, 0.05) is 18.3 Å². The van der Waals surface area contributed by atoms with Gasteiger partial charge in [-0.1, -0.05) is 6.07 Å². The van der Waals surface area contributed by atoms with Crippen LogP contribution in [-0.4, -0.2) is 22.0 Å². The van der Waals surface area contributed by atoms with Crippen molar-refractivity contribution in [2.24, 2.45) is 0 Å². The summed E-state index contributed by atoms with van der Waals surface area (Å²) in [5.41, 5.74) is 0.981. The van der Waals surface area contributed by atoms with Gasteiger partial charge in [-0.05, 0) is 18.6 Å². The lowest BCUT2D eigenvalue weighted by Gasteiger charge is -2.00. The number of carbonyl (C=O) groups excluding carboxylic acids is 1. The molecule has 0 aromatic carbocycles. The van der Waals surface area contributed by atoms with Crippen LogP contribution >= 0.6 is 0 Å². The zero-order valence-corrected chi connectivity index (χ0v) is 8.10. The predicted molar refractivity (Wildman–Crippen MR) is 54.4 cm³/mol. The van der Waals surface area contributed by atoms with Crippen LogP contribution in [0.15, 0.2) is 30.5 Å². The van der Waals surface area contributed by atoms with Crippen molar-refractivity contribution in [1.82, 2.24) is 4.98 Å². The van der Waals surface area contributed by atoms with E-state index in [0.717, 1.165) is 17.7 Å². The molecule has 1 aromatic rings. The quantitative estimate of drug-likeness (QED) is 0.722. The molecule has 0 aliphatic heterocycles. The Bertz CT molecular complexity index is 396. The minimum absolute atomic E-state index is 0.389. The molecular formula is C10H10N2O3. The number of aryl methyl sites for hydroxylation is 1. The molecule has 15 heavy (non-hydrogen) atoms. The molecule has 0 fully saturated rings. The van der Waals surface area contributed by atoms with Crippen LogP contribution in [0.3, 0.4) is 0 Å². The van der Waals surface area contributed by atoms with Gasteiger partial charge < -0.3 is 10.4 Å². The fraction of sp³-hybridized carbons (Fsp3) is 0.100. The molecule has 0 unspecified atom stereocenters. The topological polar surface area (TPSA) is 79.3 Å². The van der Waals surface area contributed by atoms with Crippen LogP contribution in [0.1, 0.15) is 5.56 Å². The van der Waals surface area contributed by atoms with E-state index in [2.05, 4.69) is 10.3 Å². The van der Waals surface area contributed by atoms with Gasteiger partial charge in [0.1, 0.15) is 5.82 Å². The number of anilines is 1. The molecule has 1 aromatic heterocycles. The van der Waals surface area contributed by atoms with Gasteiger partial charge in [-0.25, -0.2) is 9.78 Å². The summed E-state index contributed by atoms with van der Waals surface area (Å²) in [6.07, 6.45) is 3.31. The second kappa shape index (κ2) is 4.90. The second-order valence-electron chi connectivity index (χ2n) is 2.88. The molecule has 0 aliphatic rings. The average Bonchev–Trinajstić information content (AvgIpc) is 2.19. The Labute approximate surface area is 86.5 Å². The lowest BCUT2D eigenvalue weighted by Crippen LogP contribution is -2.09. The zero-order valence-electron chi connectivity index (χ0n) is 8.10. The Morgan fingerprint density at radius 3 is 2.67 bits per heavy atom. The highest BCUT2D eigenvalue weighted by Gasteiger charge is 1.98. The highest BCUT2D eigenvalue weighted by Crippen LogP contribution is 2.03. The smallest absolute Gasteiger partial charge is 0.328 e. The summed E-state index contributed by atoms with van der Waals surface area (Å²) >= 11 is 0. The Balaban J connectivity index is 2.59. The molecule has 5 nitrogen and oxygen atoms in total. The first-order chi connectivity index (χ1) is 7.08. The number of nitrogens with one attached hydrogen (secondary N) is 1. The number of carbonyl (C=O) groups is 2. The molecule has 0 atom stereocenters. The molecule has 1 heterocycles. The number of amides is 1. The van der Waals surface area contributed by atoms with E-state index in [4.69, 9.17) is 5.11 Å². The van der Waals surface area contributed by atoms with Crippen molar-refractivity contribution >= 4 is 17.7 Å². The third kappa shape index (κ3) is 4.04. The lowest BCUT2D eigenvalue weighted by molar-refractivity contribution is -0.131. The van der Waals surface area contributed by atoms with Crippen molar-refractivity contribution in [1.29, 1.82) is 0 Å². The summed E-state index contributed by atoms with van der Waals surface area (Å²) in [4.78, 5) is 25.2. The van der Waals surface area contributed by atoms with Crippen LogP contribution in [-0.2, 0) is 9.59 Å². The third-order valence-corrected chi connectivity index (χ3v) is 1.54. The number of hydrogen-bond donors (Lipinski definition) is 2. The largest absolute Gasteiger partial charge is 0.478 e. The van der Waals surface area contributed by atoms with Gasteiger partial charge in [-0.2, -0.15) is 0 Å². The van der Waals surface area contributed by atoms with E-state index in [1.807, 2.05) is 6.92 Å². The monoisotopic (exact) mass is 206 g/mol. The molecule has 1 rings (SSSR count). The number of pyridine rings is 1. The Hall–Kier alpha value is -2.17. The molecule has 0 spiro atoms. The van der Waals surface area contributed by atoms with E-state index in [1.54, 1.807) is 18.3 Å². The summed E-state index contributed by atoms with van der Waals surface area (Å²) in [7, 11) is 0. The minimum atomic E-state index is -1.16. The number of carboxylic acids is 1. The molecule has 0 saturated heterocycles. The standard InChI is InChI=1S/C10H10N2O3/c1-7-2-3-8(11-6-7)12-9(13)4-5-10(14)15/h2-6H,1H3,(H,14,15)(H,11,12,13)/b5-4+. The first-order valence-corrected chi connectivity index (χ1v) is 4.22. The van der Waals surface area contributed by atoms with Crippen LogP contribution in [0, 0.1) is 6.92 Å². The summed E-state index contributed by atoms with van der Waals surface area (Å²) < 4.78 is 0. The van der Waals surface area contributed by atoms with E-state index in [0.29, 0.717) is 5.82 Å². The summed E-state index contributed by atoms with van der Waals surface area (Å²) in [6, 6.07) is 3.44. The number of carboxylic acid groups (broad SMARTS) is 1. The highest BCUT2D eigenvalue weighted by atomic mass is 16.4. The Morgan fingerprint density at radius 1 is 1.40 bits per heavy atom. The van der Waals surface area contributed by atoms with Gasteiger partial charge >= 0.3 is 5.97 Å². The molecule has 1 amide bonds. The van der Waals surface area contributed by atoms with E-state index in [1.165, 1.54) is 0 Å². The first-order valence-electron chi connectivity index (χ1n) is 4.22. The molecule has 2 N–H and O–H groups in total. The van der Waals surface area contributed by atoms with Crippen molar-refractivity contribution in [3.8, 4) is 0 Å². The van der Waals surface area contributed by atoms with Crippen molar-refractivity contribution < 1.29 is 14.7 Å². The van der Waals surface area contributed by atoms with E-state index in [9.17, 15) is 9.59 Å². The van der Waals surface area contributed by atoms with Gasteiger partial charge in [0.15, 0.2) is 0 Å². The van der Waals surface area contributed by atoms with Crippen molar-refractivity contribution in [3.05, 3.63) is 36.0 Å². The molecule has 0 saturated carbocycles. The van der Waals surface area contributed by atoms with Crippen LogP contribution < -0.4 is 5.32 Å². The normalized spacial score (nSPS) is 10.2. The van der Waals surface area contributed by atoms with Gasteiger partial charge in [0.2, 0.25) is 5.91 Å². The van der Waals surface area contributed by atoms with Crippen LogP contribution in [0.5, 0.6) is 0 Å². The van der Waals surface area contributed by atoms with E-state index >= 15 is 0 Å². The van der Waals surface area contributed by atoms with Crippen molar-refractivity contribution in [2.75, 3.05) is 5.32 Å². The Morgan fingerprint density at radius 2 is 2.13 bits per heavy atom. The highest BCUT2D eigenvalue weighted by molar-refractivity contribution is 6.01. The summed E-state index contributed by atoms with van der Waals surface area (Å²) in [5, 5.41) is 10.7. The van der Waals surface area contributed by atoms with Gasteiger partial charge in [-0.15, -0.1) is 0 Å². The van der Waals surface area contributed by atoms with Crippen LogP contribution in [0.25, 0.3) is 0 Å². The molecule has 0 aliphatic carbocycles. The first kappa shape index (κ1) is 10.9. The second-order valence-corrected chi connectivity index (χ2v) is 2.88. The predicted octanol–water partition coefficient (Wildman–Crippen LogP) is 0.969. The zero-order chi connectivity index (χ0) is 11.3. The van der Waals surface area contributed by atoms with E-state index in [-0.39, 0.29) is 0 Å². The third-order valence-electron chi connectivity index (χ3n) is 1.54. The number of aromatic nitrogens is 1. The lowest BCUT2D eigenvalue weighted by atomic mass is 10.3. The maximum atomic E-state index is 11.1. The fourth-order valence-electron chi connectivity index (χ4n) is 0.857.